The lowest BCUT2D eigenvalue weighted by Gasteiger charge is -2.32. The van der Waals surface area contributed by atoms with Crippen LogP contribution >= 0.6 is 0 Å². The molecular formula is C48H30BN3O3. The number of aromatic nitrogens is 3. The SMILES string of the molecule is Oc1ccccc1-c1cccc(-c2cccc(-c3nc4cc5c(cc4n3-c3ccccc3-c3ccccc3)Oc3cccc4c3B5c3ccccc3O4)c2)n1. The summed E-state index contributed by atoms with van der Waals surface area (Å²) in [5, 5.41) is 10.6. The fraction of sp³-hybridized carbons (Fsp3) is 0. The van der Waals surface area contributed by atoms with Crippen LogP contribution in [0.2, 0.25) is 0 Å². The molecule has 2 aliphatic heterocycles. The van der Waals surface area contributed by atoms with Crippen LogP contribution in [0.5, 0.6) is 28.7 Å². The van der Waals surface area contributed by atoms with Gasteiger partial charge in [0.05, 0.1) is 28.1 Å². The van der Waals surface area contributed by atoms with E-state index in [9.17, 15) is 5.11 Å². The summed E-state index contributed by atoms with van der Waals surface area (Å²) >= 11 is 0. The molecule has 0 amide bonds. The van der Waals surface area contributed by atoms with Gasteiger partial charge in [0.25, 0.3) is 6.71 Å². The highest BCUT2D eigenvalue weighted by Crippen LogP contribution is 2.40. The van der Waals surface area contributed by atoms with Crippen molar-refractivity contribution >= 4 is 34.1 Å². The Hall–Kier alpha value is -7.38. The second kappa shape index (κ2) is 12.4. The number of fused-ring (bicyclic) bond motifs is 5. The molecule has 0 bridgehead atoms. The molecule has 0 spiro atoms. The number of benzene rings is 7. The lowest BCUT2D eigenvalue weighted by Crippen LogP contribution is -2.57. The van der Waals surface area contributed by atoms with Crippen LogP contribution < -0.4 is 25.9 Å². The Kier molecular flexibility index (Phi) is 7.00. The monoisotopic (exact) mass is 707 g/mol. The number of hydrogen-bond donors (Lipinski definition) is 1. The number of ether oxygens (including phenoxy) is 2. The van der Waals surface area contributed by atoms with Gasteiger partial charge in [-0.05, 0) is 77.2 Å². The van der Waals surface area contributed by atoms with Crippen molar-refractivity contribution in [3.8, 4) is 79.5 Å². The molecule has 7 aromatic carbocycles. The molecule has 1 N–H and O–H groups in total. The van der Waals surface area contributed by atoms with Crippen LogP contribution in [0.3, 0.4) is 0 Å². The van der Waals surface area contributed by atoms with Crippen molar-refractivity contribution in [2.45, 2.75) is 0 Å². The maximum absolute atomic E-state index is 10.6. The molecule has 0 saturated carbocycles. The number of phenols is 1. The maximum atomic E-state index is 10.6. The largest absolute Gasteiger partial charge is 0.507 e. The van der Waals surface area contributed by atoms with Gasteiger partial charge in [-0.1, -0.05) is 109 Å². The Morgan fingerprint density at radius 2 is 1.13 bits per heavy atom. The number of pyridine rings is 1. The van der Waals surface area contributed by atoms with E-state index in [0.717, 1.165) is 89.9 Å². The molecule has 0 fully saturated rings. The molecule has 7 heteroatoms. The van der Waals surface area contributed by atoms with Crippen molar-refractivity contribution in [3.05, 3.63) is 176 Å². The zero-order valence-electron chi connectivity index (χ0n) is 29.4. The van der Waals surface area contributed by atoms with E-state index >= 15 is 0 Å². The lowest BCUT2D eigenvalue weighted by molar-refractivity contribution is 0.465. The molecule has 9 aromatic rings. The summed E-state index contributed by atoms with van der Waals surface area (Å²) in [7, 11) is 0. The number of aromatic hydroxyl groups is 1. The minimum absolute atomic E-state index is 0.0692. The van der Waals surface area contributed by atoms with E-state index in [1.807, 2.05) is 72.8 Å². The van der Waals surface area contributed by atoms with E-state index in [-0.39, 0.29) is 12.5 Å². The van der Waals surface area contributed by atoms with Gasteiger partial charge >= 0.3 is 0 Å². The van der Waals surface area contributed by atoms with Crippen molar-refractivity contribution < 1.29 is 14.6 Å². The smallest absolute Gasteiger partial charge is 0.260 e. The van der Waals surface area contributed by atoms with Crippen molar-refractivity contribution in [2.24, 2.45) is 0 Å². The van der Waals surface area contributed by atoms with Crippen LogP contribution in [0.25, 0.3) is 61.8 Å². The molecule has 0 unspecified atom stereocenters. The Bertz CT molecular complexity index is 2980. The van der Waals surface area contributed by atoms with Crippen LogP contribution in [-0.4, -0.2) is 26.4 Å². The molecule has 0 saturated heterocycles. The van der Waals surface area contributed by atoms with Crippen LogP contribution in [-0.2, 0) is 0 Å². The summed E-state index contributed by atoms with van der Waals surface area (Å²) < 4.78 is 15.4. The van der Waals surface area contributed by atoms with E-state index in [2.05, 4.69) is 102 Å². The molecule has 2 aliphatic rings. The Balaban J connectivity index is 1.14. The van der Waals surface area contributed by atoms with Crippen molar-refractivity contribution in [1.29, 1.82) is 0 Å². The average molecular weight is 708 g/mol. The quantitative estimate of drug-likeness (QED) is 0.181. The molecule has 0 radical (unpaired) electrons. The Labute approximate surface area is 317 Å². The van der Waals surface area contributed by atoms with E-state index in [4.69, 9.17) is 19.4 Å². The fourth-order valence-corrected chi connectivity index (χ4v) is 8.17. The van der Waals surface area contributed by atoms with Crippen molar-refractivity contribution in [3.63, 3.8) is 0 Å². The third kappa shape index (κ3) is 5.05. The summed E-state index contributed by atoms with van der Waals surface area (Å²) in [6.07, 6.45) is 0. The first-order valence-electron chi connectivity index (χ1n) is 18.3. The van der Waals surface area contributed by atoms with Gasteiger partial charge in [0.1, 0.15) is 34.6 Å². The van der Waals surface area contributed by atoms with Gasteiger partial charge in [-0.25, -0.2) is 9.97 Å². The van der Waals surface area contributed by atoms with Gasteiger partial charge in [0.2, 0.25) is 0 Å². The van der Waals surface area contributed by atoms with Gasteiger partial charge in [0, 0.05) is 33.8 Å². The highest BCUT2D eigenvalue weighted by molar-refractivity contribution is 6.98. The van der Waals surface area contributed by atoms with Crippen LogP contribution in [0.4, 0.5) is 0 Å². The van der Waals surface area contributed by atoms with E-state index in [0.29, 0.717) is 11.3 Å². The average Bonchev–Trinajstić information content (AvgIpc) is 3.61. The third-order valence-electron chi connectivity index (χ3n) is 10.7. The normalized spacial score (nSPS) is 12.3. The summed E-state index contributed by atoms with van der Waals surface area (Å²) in [5.41, 5.74) is 12.2. The first-order chi connectivity index (χ1) is 27.2. The zero-order valence-corrected chi connectivity index (χ0v) is 29.4. The van der Waals surface area contributed by atoms with Gasteiger partial charge in [-0.15, -0.1) is 0 Å². The molecule has 0 aliphatic carbocycles. The number of imidazole rings is 1. The highest BCUT2D eigenvalue weighted by atomic mass is 16.5. The highest BCUT2D eigenvalue weighted by Gasteiger charge is 2.40. The summed E-state index contributed by atoms with van der Waals surface area (Å²) in [4.78, 5) is 10.5. The van der Waals surface area contributed by atoms with Crippen LogP contribution in [0.1, 0.15) is 0 Å². The van der Waals surface area contributed by atoms with Gasteiger partial charge in [-0.2, -0.15) is 0 Å². The number of nitrogens with zero attached hydrogens (tertiary/aromatic N) is 3. The number of hydrogen-bond acceptors (Lipinski definition) is 5. The second-order valence-corrected chi connectivity index (χ2v) is 13.9. The van der Waals surface area contributed by atoms with Crippen LogP contribution in [0.15, 0.2) is 176 Å². The van der Waals surface area contributed by atoms with Gasteiger partial charge in [0.15, 0.2) is 0 Å². The lowest BCUT2D eigenvalue weighted by atomic mass is 9.35. The van der Waals surface area contributed by atoms with E-state index in [1.165, 1.54) is 0 Å². The molecular weight excluding hydrogens is 677 g/mol. The number of rotatable bonds is 5. The van der Waals surface area contributed by atoms with E-state index < -0.39 is 0 Å². The maximum Gasteiger partial charge on any atom is 0.260 e. The summed E-state index contributed by atoms with van der Waals surface area (Å²) in [6.45, 7) is -0.0692. The molecule has 55 heavy (non-hydrogen) atoms. The first kappa shape index (κ1) is 31.2. The topological polar surface area (TPSA) is 69.4 Å². The minimum Gasteiger partial charge on any atom is -0.507 e. The predicted octanol–water partition coefficient (Wildman–Crippen LogP) is 9.52. The van der Waals surface area contributed by atoms with Gasteiger partial charge < -0.3 is 14.6 Å². The molecule has 11 rings (SSSR count). The summed E-state index contributed by atoms with van der Waals surface area (Å²) in [5.74, 6) is 4.25. The van der Waals surface area contributed by atoms with E-state index in [1.54, 1.807) is 6.07 Å². The van der Waals surface area contributed by atoms with Crippen molar-refractivity contribution in [2.75, 3.05) is 0 Å². The first-order valence-corrected chi connectivity index (χ1v) is 18.3. The number of para-hydroxylation sites is 3. The zero-order chi connectivity index (χ0) is 36.5. The van der Waals surface area contributed by atoms with Crippen molar-refractivity contribution in [1.82, 2.24) is 14.5 Å². The van der Waals surface area contributed by atoms with Gasteiger partial charge in [-0.3, -0.25) is 4.57 Å². The molecule has 0 atom stereocenters. The minimum atomic E-state index is -0.0692. The molecule has 6 nitrogen and oxygen atoms in total. The molecule has 4 heterocycles. The summed E-state index contributed by atoms with van der Waals surface area (Å²) in [6, 6.07) is 59.1. The Morgan fingerprint density at radius 3 is 2.00 bits per heavy atom. The standard InChI is InChI=1S/C48H30BN3O3/c53-42-23-8-5-18-34(42)38-21-11-20-37(50-38)31-15-10-16-32(27-31)48-51-39-28-36-46(29-41(39)52(48)40-22-7-4-17-33(40)30-13-2-1-3-14-30)55-45-26-12-25-44-47(45)49(36)35-19-6-9-24-43(35)54-44/h1-29,53H. The fourth-order valence-electron chi connectivity index (χ4n) is 8.17. The molecule has 258 valence electrons. The van der Waals surface area contributed by atoms with Crippen LogP contribution in [0, 0.1) is 0 Å². The number of phenolic OH excluding ortho intramolecular Hbond substituents is 1. The third-order valence-corrected chi connectivity index (χ3v) is 10.7. The predicted molar refractivity (Wildman–Crippen MR) is 220 cm³/mol. The Morgan fingerprint density at radius 1 is 0.473 bits per heavy atom. The second-order valence-electron chi connectivity index (χ2n) is 13.9. The molecule has 2 aromatic heterocycles.